The van der Waals surface area contributed by atoms with Crippen LogP contribution < -0.4 is 5.73 Å². The van der Waals surface area contributed by atoms with Crippen molar-refractivity contribution in [1.29, 1.82) is 0 Å². The van der Waals surface area contributed by atoms with Crippen LogP contribution in [0.4, 0.5) is 0 Å². The molecule has 0 radical (unpaired) electrons. The zero-order chi connectivity index (χ0) is 7.56. The maximum atomic E-state index is 5.85. The van der Waals surface area contributed by atoms with Crippen molar-refractivity contribution in [3.63, 3.8) is 0 Å². The van der Waals surface area contributed by atoms with Gasteiger partial charge in [-0.15, -0.1) is 12.4 Å². The van der Waals surface area contributed by atoms with Gasteiger partial charge in [0.05, 0.1) is 0 Å². The minimum Gasteiger partial charge on any atom is -0.326 e. The van der Waals surface area contributed by atoms with Crippen LogP contribution in [0.2, 0.25) is 5.02 Å². The molecular formula is C8H11Cl2N. The number of halogens is 2. The molecule has 0 fully saturated rings. The Labute approximate surface area is 78.0 Å². The zero-order valence-corrected chi connectivity index (χ0v) is 7.88. The molecule has 1 aromatic rings. The van der Waals surface area contributed by atoms with Crippen molar-refractivity contribution < 1.29 is 0 Å². The van der Waals surface area contributed by atoms with Crippen molar-refractivity contribution in [3.05, 3.63) is 34.3 Å². The van der Waals surface area contributed by atoms with Gasteiger partial charge in [-0.3, -0.25) is 0 Å². The SMILES string of the molecule is Cc1cccc(Cl)c1CN.Cl. The van der Waals surface area contributed by atoms with Gasteiger partial charge in [0.1, 0.15) is 0 Å². The number of aryl methyl sites for hydroxylation is 1. The van der Waals surface area contributed by atoms with Crippen molar-refractivity contribution in [2.45, 2.75) is 13.5 Å². The Morgan fingerprint density at radius 3 is 2.45 bits per heavy atom. The quantitative estimate of drug-likeness (QED) is 0.726. The Morgan fingerprint density at radius 2 is 2.09 bits per heavy atom. The highest BCUT2D eigenvalue weighted by atomic mass is 35.5. The molecule has 0 aliphatic carbocycles. The van der Waals surface area contributed by atoms with Crippen molar-refractivity contribution >= 4 is 24.0 Å². The fraction of sp³-hybridized carbons (Fsp3) is 0.250. The average molecular weight is 192 g/mol. The van der Waals surface area contributed by atoms with E-state index in [1.807, 2.05) is 25.1 Å². The number of hydrogen-bond donors (Lipinski definition) is 1. The minimum absolute atomic E-state index is 0. The molecule has 0 aliphatic rings. The van der Waals surface area contributed by atoms with Gasteiger partial charge in [-0.25, -0.2) is 0 Å². The predicted molar refractivity (Wildman–Crippen MR) is 51.3 cm³/mol. The van der Waals surface area contributed by atoms with E-state index in [0.29, 0.717) is 6.54 Å². The molecule has 0 bridgehead atoms. The molecule has 0 spiro atoms. The number of rotatable bonds is 1. The smallest absolute Gasteiger partial charge is 0.0453 e. The summed E-state index contributed by atoms with van der Waals surface area (Å²) in [6.07, 6.45) is 0. The first-order valence-corrected chi connectivity index (χ1v) is 3.57. The third kappa shape index (κ3) is 2.37. The van der Waals surface area contributed by atoms with E-state index in [-0.39, 0.29) is 12.4 Å². The van der Waals surface area contributed by atoms with E-state index in [4.69, 9.17) is 17.3 Å². The average Bonchev–Trinajstić information content (AvgIpc) is 1.88. The van der Waals surface area contributed by atoms with E-state index in [9.17, 15) is 0 Å². The summed E-state index contributed by atoms with van der Waals surface area (Å²) in [4.78, 5) is 0. The summed E-state index contributed by atoms with van der Waals surface area (Å²) < 4.78 is 0. The van der Waals surface area contributed by atoms with E-state index in [1.165, 1.54) is 0 Å². The Morgan fingerprint density at radius 1 is 1.45 bits per heavy atom. The van der Waals surface area contributed by atoms with Crippen molar-refractivity contribution in [1.82, 2.24) is 0 Å². The lowest BCUT2D eigenvalue weighted by Crippen LogP contribution is -1.99. The van der Waals surface area contributed by atoms with E-state index >= 15 is 0 Å². The molecule has 1 aromatic carbocycles. The maximum absolute atomic E-state index is 5.85. The van der Waals surface area contributed by atoms with Crippen molar-refractivity contribution in [3.8, 4) is 0 Å². The highest BCUT2D eigenvalue weighted by Gasteiger charge is 1.98. The molecule has 0 amide bonds. The Bertz CT molecular complexity index is 215. The first-order chi connectivity index (χ1) is 4.75. The van der Waals surface area contributed by atoms with Gasteiger partial charge < -0.3 is 5.73 Å². The van der Waals surface area contributed by atoms with Crippen LogP contribution in [0, 0.1) is 6.92 Å². The third-order valence-electron chi connectivity index (χ3n) is 1.56. The van der Waals surface area contributed by atoms with E-state index in [0.717, 1.165) is 16.1 Å². The second-order valence-electron chi connectivity index (χ2n) is 2.24. The molecule has 3 heteroatoms. The lowest BCUT2D eigenvalue weighted by Gasteiger charge is -2.03. The lowest BCUT2D eigenvalue weighted by atomic mass is 10.1. The summed E-state index contributed by atoms with van der Waals surface area (Å²) in [6, 6.07) is 5.79. The van der Waals surface area contributed by atoms with Crippen LogP contribution in [0.1, 0.15) is 11.1 Å². The van der Waals surface area contributed by atoms with E-state index in [2.05, 4.69) is 0 Å². The summed E-state index contributed by atoms with van der Waals surface area (Å²) in [5, 5.41) is 0.766. The molecule has 0 atom stereocenters. The molecule has 62 valence electrons. The number of nitrogens with two attached hydrogens (primary N) is 1. The fourth-order valence-corrected chi connectivity index (χ4v) is 1.22. The highest BCUT2D eigenvalue weighted by molar-refractivity contribution is 6.31. The van der Waals surface area contributed by atoms with Gasteiger partial charge in [-0.2, -0.15) is 0 Å². The molecule has 1 nitrogen and oxygen atoms in total. The molecule has 2 N–H and O–H groups in total. The standard InChI is InChI=1S/C8H10ClN.ClH/c1-6-3-2-4-8(9)7(6)5-10;/h2-4H,5,10H2,1H3;1H. The minimum atomic E-state index is 0. The second-order valence-corrected chi connectivity index (χ2v) is 2.65. The van der Waals surface area contributed by atoms with Gasteiger partial charge in [-0.05, 0) is 24.1 Å². The Hall–Kier alpha value is -0.240. The zero-order valence-electron chi connectivity index (χ0n) is 6.30. The highest BCUT2D eigenvalue weighted by Crippen LogP contribution is 2.17. The predicted octanol–water partition coefficient (Wildman–Crippen LogP) is 2.53. The number of benzene rings is 1. The van der Waals surface area contributed by atoms with Crippen LogP contribution in [0.15, 0.2) is 18.2 Å². The third-order valence-corrected chi connectivity index (χ3v) is 1.91. The summed E-state index contributed by atoms with van der Waals surface area (Å²) in [7, 11) is 0. The van der Waals surface area contributed by atoms with Gasteiger partial charge in [0.15, 0.2) is 0 Å². The van der Waals surface area contributed by atoms with Gasteiger partial charge in [0, 0.05) is 11.6 Å². The molecule has 0 heterocycles. The Balaban J connectivity index is 0.000001000. The van der Waals surface area contributed by atoms with Crippen LogP contribution in [-0.2, 0) is 6.54 Å². The lowest BCUT2D eigenvalue weighted by molar-refractivity contribution is 1.05. The second kappa shape index (κ2) is 4.60. The van der Waals surface area contributed by atoms with Crippen LogP contribution in [-0.4, -0.2) is 0 Å². The largest absolute Gasteiger partial charge is 0.326 e. The van der Waals surface area contributed by atoms with Gasteiger partial charge >= 0.3 is 0 Å². The maximum Gasteiger partial charge on any atom is 0.0453 e. The van der Waals surface area contributed by atoms with Gasteiger partial charge in [0.25, 0.3) is 0 Å². The van der Waals surface area contributed by atoms with Crippen molar-refractivity contribution in [2.75, 3.05) is 0 Å². The number of hydrogen-bond acceptors (Lipinski definition) is 1. The van der Waals surface area contributed by atoms with E-state index < -0.39 is 0 Å². The summed E-state index contributed by atoms with van der Waals surface area (Å²) >= 11 is 5.85. The summed E-state index contributed by atoms with van der Waals surface area (Å²) in [6.45, 7) is 2.53. The van der Waals surface area contributed by atoms with Crippen LogP contribution in [0.5, 0.6) is 0 Å². The van der Waals surface area contributed by atoms with Crippen LogP contribution in [0.3, 0.4) is 0 Å². The van der Waals surface area contributed by atoms with Gasteiger partial charge in [0.2, 0.25) is 0 Å². The summed E-state index contributed by atoms with van der Waals surface area (Å²) in [5.74, 6) is 0. The van der Waals surface area contributed by atoms with Crippen LogP contribution in [0.25, 0.3) is 0 Å². The van der Waals surface area contributed by atoms with Crippen LogP contribution >= 0.6 is 24.0 Å². The molecule has 11 heavy (non-hydrogen) atoms. The van der Waals surface area contributed by atoms with E-state index in [1.54, 1.807) is 0 Å². The normalized spacial score (nSPS) is 9.00. The molecular weight excluding hydrogens is 181 g/mol. The van der Waals surface area contributed by atoms with Crippen molar-refractivity contribution in [2.24, 2.45) is 5.73 Å². The topological polar surface area (TPSA) is 26.0 Å². The molecule has 0 saturated carbocycles. The molecule has 0 aromatic heterocycles. The molecule has 1 rings (SSSR count). The first-order valence-electron chi connectivity index (χ1n) is 3.19. The summed E-state index contributed by atoms with van der Waals surface area (Å²) in [5.41, 5.74) is 7.67. The Kier molecular flexibility index (Phi) is 4.50. The molecule has 0 unspecified atom stereocenters. The molecule has 0 saturated heterocycles. The monoisotopic (exact) mass is 191 g/mol. The first kappa shape index (κ1) is 10.8. The fourth-order valence-electron chi connectivity index (χ4n) is 0.925. The molecule has 0 aliphatic heterocycles. The van der Waals surface area contributed by atoms with Gasteiger partial charge in [-0.1, -0.05) is 23.7 Å².